The van der Waals surface area contributed by atoms with Crippen LogP contribution in [0.1, 0.15) is 24.2 Å². The lowest BCUT2D eigenvalue weighted by Crippen LogP contribution is -2.36. The predicted molar refractivity (Wildman–Crippen MR) is 96.9 cm³/mol. The summed E-state index contributed by atoms with van der Waals surface area (Å²) < 4.78 is 5.23. The smallest absolute Gasteiger partial charge is 0.342 e. The summed E-state index contributed by atoms with van der Waals surface area (Å²) >= 11 is 0. The summed E-state index contributed by atoms with van der Waals surface area (Å²) in [6, 6.07) is 9.49. The maximum atomic E-state index is 12.4. The molecule has 0 fully saturated rings. The van der Waals surface area contributed by atoms with Gasteiger partial charge in [0, 0.05) is 11.9 Å². The molecule has 8 heteroatoms. The number of anilines is 2. The van der Waals surface area contributed by atoms with Crippen molar-refractivity contribution in [3.8, 4) is 0 Å². The van der Waals surface area contributed by atoms with Crippen molar-refractivity contribution >= 4 is 34.5 Å². The number of H-pyrrole nitrogens is 1. The van der Waals surface area contributed by atoms with Gasteiger partial charge < -0.3 is 20.8 Å². The van der Waals surface area contributed by atoms with E-state index in [1.165, 1.54) is 6.20 Å². The minimum Gasteiger partial charge on any atom is -0.461 e. The number of carbonyl (C=O) groups excluding carboxylic acids is 2. The van der Waals surface area contributed by atoms with Crippen LogP contribution in [0.2, 0.25) is 0 Å². The third-order valence-electron chi connectivity index (χ3n) is 3.88. The van der Waals surface area contributed by atoms with Crippen molar-refractivity contribution < 1.29 is 14.3 Å². The number of nitrogens with one attached hydrogen (secondary N) is 2. The SMILES string of the molecule is CC(C)(COC(=O)c1c[nH]c2ncc(Nc3ccccc3)nc12)C(N)=O. The Morgan fingerprint density at radius 2 is 2.00 bits per heavy atom. The van der Waals surface area contributed by atoms with Crippen LogP contribution in [-0.2, 0) is 9.53 Å². The third-order valence-corrected chi connectivity index (χ3v) is 3.88. The first kappa shape index (κ1) is 17.4. The second kappa shape index (κ2) is 6.83. The summed E-state index contributed by atoms with van der Waals surface area (Å²) in [5.41, 5.74) is 6.28. The number of hydrogen-bond acceptors (Lipinski definition) is 6. The van der Waals surface area contributed by atoms with E-state index in [4.69, 9.17) is 10.5 Å². The molecule has 0 radical (unpaired) electrons. The highest BCUT2D eigenvalue weighted by atomic mass is 16.5. The van der Waals surface area contributed by atoms with Crippen LogP contribution < -0.4 is 11.1 Å². The Morgan fingerprint density at radius 1 is 1.27 bits per heavy atom. The number of amides is 1. The van der Waals surface area contributed by atoms with Crippen molar-refractivity contribution in [1.29, 1.82) is 0 Å². The van der Waals surface area contributed by atoms with Gasteiger partial charge in [-0.05, 0) is 26.0 Å². The maximum absolute atomic E-state index is 12.4. The molecule has 0 aliphatic carbocycles. The van der Waals surface area contributed by atoms with Crippen LogP contribution in [0.4, 0.5) is 11.5 Å². The zero-order valence-corrected chi connectivity index (χ0v) is 14.4. The quantitative estimate of drug-likeness (QED) is 0.585. The lowest BCUT2D eigenvalue weighted by atomic mass is 9.94. The molecule has 0 aliphatic rings. The van der Waals surface area contributed by atoms with E-state index in [-0.39, 0.29) is 12.2 Å². The van der Waals surface area contributed by atoms with Gasteiger partial charge in [0.2, 0.25) is 5.91 Å². The molecule has 0 aliphatic heterocycles. The van der Waals surface area contributed by atoms with E-state index in [0.717, 1.165) is 5.69 Å². The predicted octanol–water partition coefficient (Wildman–Crippen LogP) is 2.37. The fraction of sp³-hybridized carbons (Fsp3) is 0.222. The molecule has 134 valence electrons. The number of aromatic nitrogens is 3. The van der Waals surface area contributed by atoms with Gasteiger partial charge in [0.1, 0.15) is 23.5 Å². The summed E-state index contributed by atoms with van der Waals surface area (Å²) in [7, 11) is 0. The van der Waals surface area contributed by atoms with E-state index < -0.39 is 17.3 Å². The molecule has 2 aromatic heterocycles. The zero-order valence-electron chi connectivity index (χ0n) is 14.4. The van der Waals surface area contributed by atoms with Gasteiger partial charge in [-0.3, -0.25) is 4.79 Å². The highest BCUT2D eigenvalue weighted by molar-refractivity contribution is 6.01. The Bertz CT molecular complexity index is 950. The van der Waals surface area contributed by atoms with Gasteiger partial charge in [-0.15, -0.1) is 0 Å². The van der Waals surface area contributed by atoms with Gasteiger partial charge in [0.25, 0.3) is 0 Å². The van der Waals surface area contributed by atoms with E-state index in [9.17, 15) is 9.59 Å². The van der Waals surface area contributed by atoms with E-state index in [2.05, 4.69) is 20.3 Å². The largest absolute Gasteiger partial charge is 0.461 e. The number of hydrogen-bond donors (Lipinski definition) is 3. The molecule has 3 aromatic rings. The molecule has 4 N–H and O–H groups in total. The Kier molecular flexibility index (Phi) is 4.57. The molecule has 26 heavy (non-hydrogen) atoms. The zero-order chi connectivity index (χ0) is 18.7. The van der Waals surface area contributed by atoms with Crippen LogP contribution >= 0.6 is 0 Å². The third kappa shape index (κ3) is 3.64. The molecular formula is C18H19N5O3. The standard InChI is InChI=1S/C18H19N5O3/c1-18(2,17(19)25)10-26-16(24)12-8-20-15-14(12)23-13(9-21-15)22-11-6-4-3-5-7-11/h3-9H,10H2,1-2H3,(H2,19,25)(H,20,21)(H,22,23). The first-order chi connectivity index (χ1) is 12.4. The fourth-order valence-corrected chi connectivity index (χ4v) is 2.17. The van der Waals surface area contributed by atoms with Crippen LogP contribution in [0.25, 0.3) is 11.2 Å². The second-order valence-electron chi connectivity index (χ2n) is 6.47. The maximum Gasteiger partial charge on any atom is 0.342 e. The normalized spacial score (nSPS) is 11.3. The monoisotopic (exact) mass is 353 g/mol. The number of nitrogens with two attached hydrogens (primary N) is 1. The lowest BCUT2D eigenvalue weighted by molar-refractivity contribution is -0.127. The first-order valence-corrected chi connectivity index (χ1v) is 8.00. The van der Waals surface area contributed by atoms with Gasteiger partial charge in [-0.1, -0.05) is 18.2 Å². The first-order valence-electron chi connectivity index (χ1n) is 8.00. The summed E-state index contributed by atoms with van der Waals surface area (Å²) in [4.78, 5) is 35.3. The molecule has 0 atom stereocenters. The van der Waals surface area contributed by atoms with Crippen molar-refractivity contribution in [2.75, 3.05) is 11.9 Å². The summed E-state index contributed by atoms with van der Waals surface area (Å²) in [6.07, 6.45) is 3.05. The molecule has 2 heterocycles. The van der Waals surface area contributed by atoms with Crippen molar-refractivity contribution in [2.24, 2.45) is 11.1 Å². The number of benzene rings is 1. The summed E-state index contributed by atoms with van der Waals surface area (Å²) in [6.45, 7) is 3.10. The molecule has 0 unspecified atom stereocenters. The topological polar surface area (TPSA) is 123 Å². The van der Waals surface area contributed by atoms with Crippen LogP contribution in [0.5, 0.6) is 0 Å². The fourth-order valence-electron chi connectivity index (χ4n) is 2.17. The molecule has 0 spiro atoms. The Balaban J connectivity index is 1.81. The summed E-state index contributed by atoms with van der Waals surface area (Å²) in [5.74, 6) is -0.648. The lowest BCUT2D eigenvalue weighted by Gasteiger charge is -2.19. The van der Waals surface area contributed by atoms with Crippen LogP contribution in [0.15, 0.2) is 42.7 Å². The molecule has 8 nitrogen and oxygen atoms in total. The minimum absolute atomic E-state index is 0.122. The van der Waals surface area contributed by atoms with Gasteiger partial charge in [-0.25, -0.2) is 14.8 Å². The molecule has 0 saturated heterocycles. The highest BCUT2D eigenvalue weighted by Crippen LogP contribution is 2.21. The van der Waals surface area contributed by atoms with Crippen molar-refractivity contribution in [3.05, 3.63) is 48.3 Å². The van der Waals surface area contributed by atoms with E-state index in [0.29, 0.717) is 17.0 Å². The molecule has 1 aromatic carbocycles. The second-order valence-corrected chi connectivity index (χ2v) is 6.47. The Hall–Kier alpha value is -3.42. The van der Waals surface area contributed by atoms with Crippen molar-refractivity contribution in [1.82, 2.24) is 15.0 Å². The van der Waals surface area contributed by atoms with Crippen LogP contribution in [-0.4, -0.2) is 33.4 Å². The number of nitrogens with zero attached hydrogens (tertiary/aromatic N) is 2. The van der Waals surface area contributed by atoms with Crippen molar-refractivity contribution in [3.63, 3.8) is 0 Å². The van der Waals surface area contributed by atoms with Gasteiger partial charge >= 0.3 is 5.97 Å². The van der Waals surface area contributed by atoms with E-state index in [1.807, 2.05) is 30.3 Å². The number of primary amides is 1. The van der Waals surface area contributed by atoms with Gasteiger partial charge in [0.05, 0.1) is 11.6 Å². The van der Waals surface area contributed by atoms with Crippen molar-refractivity contribution in [2.45, 2.75) is 13.8 Å². The average molecular weight is 353 g/mol. The Labute approximate surface area is 149 Å². The average Bonchev–Trinajstić information content (AvgIpc) is 3.04. The van der Waals surface area contributed by atoms with Gasteiger partial charge in [-0.2, -0.15) is 0 Å². The number of para-hydroxylation sites is 1. The van der Waals surface area contributed by atoms with Crippen LogP contribution in [0, 0.1) is 5.41 Å². The number of carbonyl (C=O) groups is 2. The van der Waals surface area contributed by atoms with Crippen LogP contribution in [0.3, 0.4) is 0 Å². The van der Waals surface area contributed by atoms with E-state index >= 15 is 0 Å². The number of aromatic amines is 1. The molecule has 1 amide bonds. The Morgan fingerprint density at radius 3 is 2.69 bits per heavy atom. The number of fused-ring (bicyclic) bond motifs is 1. The minimum atomic E-state index is -0.951. The summed E-state index contributed by atoms with van der Waals surface area (Å²) in [5, 5.41) is 3.12. The van der Waals surface area contributed by atoms with Gasteiger partial charge in [0.15, 0.2) is 5.65 Å². The molecule has 3 rings (SSSR count). The molecular weight excluding hydrogens is 334 g/mol. The highest BCUT2D eigenvalue weighted by Gasteiger charge is 2.28. The number of rotatable bonds is 6. The molecule has 0 saturated carbocycles. The number of esters is 1. The van der Waals surface area contributed by atoms with E-state index in [1.54, 1.807) is 20.0 Å². The number of ether oxygens (including phenoxy) is 1. The molecule has 0 bridgehead atoms.